The molecule has 0 radical (unpaired) electrons. The summed E-state index contributed by atoms with van der Waals surface area (Å²) in [4.78, 5) is 14.9. The molecule has 2 aromatic heterocycles. The Morgan fingerprint density at radius 3 is 3.00 bits per heavy atom. The van der Waals surface area contributed by atoms with Crippen LogP contribution in [0.3, 0.4) is 0 Å². The fraction of sp³-hybridized carbons (Fsp3) is 0.545. The highest BCUT2D eigenvalue weighted by molar-refractivity contribution is 5.81. The average Bonchev–Trinajstić information content (AvgIpc) is 2.93. The Balaban J connectivity index is 1.84. The minimum absolute atomic E-state index is 0.180. The van der Waals surface area contributed by atoms with E-state index in [4.69, 9.17) is 9.84 Å². The van der Waals surface area contributed by atoms with Crippen LogP contribution in [0, 0.1) is 0 Å². The first kappa shape index (κ1) is 13.2. The van der Waals surface area contributed by atoms with Crippen molar-refractivity contribution in [3.8, 4) is 0 Å². The molecular formula is C11H15N5O4. The minimum Gasteiger partial charge on any atom is -0.394 e. The van der Waals surface area contributed by atoms with Crippen LogP contribution >= 0.6 is 0 Å². The summed E-state index contributed by atoms with van der Waals surface area (Å²) in [5.41, 5.74) is 1.05. The standard InChI is InChI=1S/C11H15N5O4/c17-2-5-1-6(18)8(19)11(20-5)16-10-7-9(13-3-12-7)14-4-15-10/h3-6,8,11,17-19H,1-2H2,(H2,12,13,14,15,16)/t5-,6-,8+,11+/m1/s1. The number of nitrogens with one attached hydrogen (secondary N) is 2. The molecule has 1 aliphatic heterocycles. The van der Waals surface area contributed by atoms with Crippen LogP contribution in [0.2, 0.25) is 0 Å². The van der Waals surface area contributed by atoms with Crippen molar-refractivity contribution >= 4 is 17.0 Å². The lowest BCUT2D eigenvalue weighted by Gasteiger charge is -2.36. The predicted molar refractivity (Wildman–Crippen MR) is 67.7 cm³/mol. The zero-order valence-corrected chi connectivity index (χ0v) is 10.5. The van der Waals surface area contributed by atoms with Crippen molar-refractivity contribution in [2.24, 2.45) is 0 Å². The van der Waals surface area contributed by atoms with Crippen LogP contribution in [-0.4, -0.2) is 66.4 Å². The van der Waals surface area contributed by atoms with E-state index in [1.807, 2.05) is 0 Å². The summed E-state index contributed by atoms with van der Waals surface area (Å²) in [5.74, 6) is 0.405. The summed E-state index contributed by atoms with van der Waals surface area (Å²) < 4.78 is 5.48. The molecule has 1 saturated heterocycles. The van der Waals surface area contributed by atoms with Crippen LogP contribution in [0.15, 0.2) is 12.7 Å². The third kappa shape index (κ3) is 2.31. The Morgan fingerprint density at radius 1 is 1.35 bits per heavy atom. The van der Waals surface area contributed by atoms with Gasteiger partial charge in [0.2, 0.25) is 0 Å². The van der Waals surface area contributed by atoms with Crippen molar-refractivity contribution in [1.82, 2.24) is 19.9 Å². The topological polar surface area (TPSA) is 136 Å². The third-order valence-corrected chi connectivity index (χ3v) is 3.25. The van der Waals surface area contributed by atoms with Gasteiger partial charge in [0.15, 0.2) is 17.7 Å². The van der Waals surface area contributed by atoms with Gasteiger partial charge in [0.05, 0.1) is 25.1 Å². The number of aromatic nitrogens is 4. The van der Waals surface area contributed by atoms with Gasteiger partial charge in [-0.2, -0.15) is 0 Å². The number of imidazole rings is 1. The van der Waals surface area contributed by atoms with Crippen molar-refractivity contribution in [3.05, 3.63) is 12.7 Å². The number of aliphatic hydroxyl groups is 3. The van der Waals surface area contributed by atoms with E-state index in [0.29, 0.717) is 17.0 Å². The number of anilines is 1. The van der Waals surface area contributed by atoms with Gasteiger partial charge in [-0.05, 0) is 0 Å². The van der Waals surface area contributed by atoms with E-state index in [1.165, 1.54) is 12.7 Å². The number of fused-ring (bicyclic) bond motifs is 1. The molecule has 9 nitrogen and oxygen atoms in total. The Hall–Kier alpha value is -1.81. The molecule has 0 aliphatic carbocycles. The van der Waals surface area contributed by atoms with Gasteiger partial charge in [-0.15, -0.1) is 0 Å². The van der Waals surface area contributed by atoms with E-state index in [1.54, 1.807) is 0 Å². The molecular weight excluding hydrogens is 266 g/mol. The summed E-state index contributed by atoms with van der Waals surface area (Å²) >= 11 is 0. The number of H-pyrrole nitrogens is 1. The van der Waals surface area contributed by atoms with Crippen molar-refractivity contribution < 1.29 is 20.1 Å². The van der Waals surface area contributed by atoms with E-state index in [9.17, 15) is 10.2 Å². The molecule has 3 rings (SSSR count). The summed E-state index contributed by atoms with van der Waals surface area (Å²) in [6, 6.07) is 0. The summed E-state index contributed by atoms with van der Waals surface area (Å²) in [6.07, 6.45) is -0.515. The minimum atomic E-state index is -1.12. The van der Waals surface area contributed by atoms with Crippen LogP contribution in [0.5, 0.6) is 0 Å². The molecule has 0 bridgehead atoms. The Morgan fingerprint density at radius 2 is 2.20 bits per heavy atom. The maximum absolute atomic E-state index is 9.95. The highest BCUT2D eigenvalue weighted by atomic mass is 16.5. The third-order valence-electron chi connectivity index (χ3n) is 3.25. The van der Waals surface area contributed by atoms with Crippen molar-refractivity contribution in [3.63, 3.8) is 0 Å². The lowest BCUT2D eigenvalue weighted by atomic mass is 10.0. The molecule has 20 heavy (non-hydrogen) atoms. The highest BCUT2D eigenvalue weighted by Crippen LogP contribution is 2.23. The van der Waals surface area contributed by atoms with E-state index in [-0.39, 0.29) is 13.0 Å². The molecule has 5 N–H and O–H groups in total. The van der Waals surface area contributed by atoms with Crippen LogP contribution in [0.1, 0.15) is 6.42 Å². The lowest BCUT2D eigenvalue weighted by molar-refractivity contribution is -0.166. The molecule has 108 valence electrons. The smallest absolute Gasteiger partial charge is 0.182 e. The number of rotatable bonds is 3. The molecule has 1 fully saturated rings. The molecule has 0 amide bonds. The van der Waals surface area contributed by atoms with Gasteiger partial charge >= 0.3 is 0 Å². The van der Waals surface area contributed by atoms with Gasteiger partial charge in [-0.3, -0.25) is 0 Å². The van der Waals surface area contributed by atoms with Gasteiger partial charge in [-0.25, -0.2) is 15.0 Å². The van der Waals surface area contributed by atoms with Gasteiger partial charge in [0.1, 0.15) is 17.9 Å². The SMILES string of the molecule is OC[C@H]1C[C@@H](O)[C@H](O)[C@@H](Nc2ncnc3nc[nH]c23)O1. The second-order valence-electron chi connectivity index (χ2n) is 4.62. The van der Waals surface area contributed by atoms with Crippen LogP contribution in [-0.2, 0) is 4.74 Å². The molecule has 0 saturated carbocycles. The Labute approximate surface area is 113 Å². The average molecular weight is 281 g/mol. The normalized spacial score (nSPS) is 30.6. The second kappa shape index (κ2) is 5.29. The first-order valence-corrected chi connectivity index (χ1v) is 6.22. The quantitative estimate of drug-likeness (QED) is 0.463. The van der Waals surface area contributed by atoms with Gasteiger partial charge in [0.25, 0.3) is 0 Å². The Kier molecular flexibility index (Phi) is 3.49. The number of ether oxygens (including phenoxy) is 1. The van der Waals surface area contributed by atoms with Crippen molar-refractivity contribution in [1.29, 1.82) is 0 Å². The zero-order valence-electron chi connectivity index (χ0n) is 10.5. The number of nitrogens with zero attached hydrogens (tertiary/aromatic N) is 3. The maximum Gasteiger partial charge on any atom is 0.182 e. The van der Waals surface area contributed by atoms with Gasteiger partial charge in [0, 0.05) is 6.42 Å². The molecule has 0 aromatic carbocycles. The number of aliphatic hydroxyl groups excluding tert-OH is 3. The lowest BCUT2D eigenvalue weighted by Crippen LogP contribution is -2.52. The monoisotopic (exact) mass is 281 g/mol. The fourth-order valence-electron chi connectivity index (χ4n) is 2.20. The van der Waals surface area contributed by atoms with Crippen LogP contribution in [0.25, 0.3) is 11.2 Å². The van der Waals surface area contributed by atoms with E-state index >= 15 is 0 Å². The molecule has 9 heteroatoms. The van der Waals surface area contributed by atoms with Crippen LogP contribution in [0.4, 0.5) is 5.82 Å². The fourth-order valence-corrected chi connectivity index (χ4v) is 2.20. The Bertz CT molecular complexity index is 591. The predicted octanol–water partition coefficient (Wildman–Crippen LogP) is -1.41. The molecule has 0 unspecified atom stereocenters. The summed E-state index contributed by atoms with van der Waals surface area (Å²) in [7, 11) is 0. The number of hydrogen-bond acceptors (Lipinski definition) is 8. The summed E-state index contributed by atoms with van der Waals surface area (Å²) in [5, 5.41) is 31.7. The second-order valence-corrected chi connectivity index (χ2v) is 4.62. The van der Waals surface area contributed by atoms with Crippen LogP contribution < -0.4 is 5.32 Å². The first-order valence-electron chi connectivity index (χ1n) is 6.22. The van der Waals surface area contributed by atoms with Gasteiger partial charge < -0.3 is 30.4 Å². The summed E-state index contributed by atoms with van der Waals surface area (Å²) in [6.45, 7) is -0.231. The van der Waals surface area contributed by atoms with Crippen molar-refractivity contribution in [2.45, 2.75) is 31.0 Å². The largest absolute Gasteiger partial charge is 0.394 e. The first-order chi connectivity index (χ1) is 9.69. The number of aromatic amines is 1. The highest BCUT2D eigenvalue weighted by Gasteiger charge is 2.36. The molecule has 0 spiro atoms. The molecule has 1 aliphatic rings. The van der Waals surface area contributed by atoms with E-state index in [2.05, 4.69) is 25.3 Å². The molecule has 2 aromatic rings. The molecule has 4 atom stereocenters. The molecule has 3 heterocycles. The zero-order chi connectivity index (χ0) is 14.1. The van der Waals surface area contributed by atoms with E-state index in [0.717, 1.165) is 0 Å². The van der Waals surface area contributed by atoms with Gasteiger partial charge in [-0.1, -0.05) is 0 Å². The number of hydrogen-bond donors (Lipinski definition) is 5. The maximum atomic E-state index is 9.95. The van der Waals surface area contributed by atoms with Crippen molar-refractivity contribution in [2.75, 3.05) is 11.9 Å². The van der Waals surface area contributed by atoms with E-state index < -0.39 is 24.5 Å².